The third-order valence-corrected chi connectivity index (χ3v) is 2.53. The van der Waals surface area contributed by atoms with Gasteiger partial charge in [0.25, 0.3) is 0 Å². The summed E-state index contributed by atoms with van der Waals surface area (Å²) < 4.78 is 4.42. The number of carbonyl (C=O) groups excluding carboxylic acids is 2. The summed E-state index contributed by atoms with van der Waals surface area (Å²) in [6.07, 6.45) is 2.85. The number of esters is 1. The molecule has 0 fully saturated rings. The fraction of sp³-hybridized carbons (Fsp3) is 0.750. The molecule has 0 bridgehead atoms. The van der Waals surface area contributed by atoms with E-state index in [1.165, 1.54) is 7.11 Å². The van der Waals surface area contributed by atoms with Crippen molar-refractivity contribution >= 4 is 18.0 Å². The highest BCUT2D eigenvalue weighted by Gasteiger charge is 2.20. The highest BCUT2D eigenvalue weighted by atomic mass is 16.5. The molecule has 19 heavy (non-hydrogen) atoms. The SMILES string of the molecule is CCCCCNC(=O)N[C@@H](CCC(=O)OC)C(=O)O. The molecule has 1 atom stereocenters. The van der Waals surface area contributed by atoms with Gasteiger partial charge in [0.15, 0.2) is 0 Å². The molecular weight excluding hydrogens is 252 g/mol. The monoisotopic (exact) mass is 274 g/mol. The maximum Gasteiger partial charge on any atom is 0.326 e. The van der Waals surface area contributed by atoms with E-state index >= 15 is 0 Å². The Hall–Kier alpha value is -1.79. The number of carboxylic acid groups (broad SMARTS) is 1. The Morgan fingerprint density at radius 1 is 1.26 bits per heavy atom. The van der Waals surface area contributed by atoms with Gasteiger partial charge in [-0.2, -0.15) is 0 Å². The van der Waals surface area contributed by atoms with Gasteiger partial charge in [0.2, 0.25) is 0 Å². The number of hydrogen-bond acceptors (Lipinski definition) is 4. The Kier molecular flexibility index (Phi) is 9.20. The smallest absolute Gasteiger partial charge is 0.326 e. The molecule has 110 valence electrons. The van der Waals surface area contributed by atoms with Crippen molar-refractivity contribution in [2.24, 2.45) is 0 Å². The van der Waals surface area contributed by atoms with Crippen molar-refractivity contribution in [2.45, 2.75) is 45.1 Å². The predicted molar refractivity (Wildman–Crippen MR) is 68.7 cm³/mol. The standard InChI is InChI=1S/C12H22N2O5/c1-3-4-5-8-13-12(18)14-9(11(16)17)6-7-10(15)19-2/h9H,3-8H2,1-2H3,(H,16,17)(H2,13,14,18)/t9-/m0/s1. The van der Waals surface area contributed by atoms with Gasteiger partial charge in [-0.25, -0.2) is 9.59 Å². The maximum absolute atomic E-state index is 11.4. The molecule has 7 nitrogen and oxygen atoms in total. The van der Waals surface area contributed by atoms with E-state index in [-0.39, 0.29) is 12.8 Å². The minimum atomic E-state index is -1.17. The van der Waals surface area contributed by atoms with Crippen LogP contribution in [0, 0.1) is 0 Å². The molecule has 0 radical (unpaired) electrons. The number of urea groups is 1. The first-order chi connectivity index (χ1) is 9.01. The molecule has 0 aromatic carbocycles. The van der Waals surface area contributed by atoms with E-state index < -0.39 is 24.0 Å². The van der Waals surface area contributed by atoms with Gasteiger partial charge in [-0.1, -0.05) is 19.8 Å². The molecule has 0 aromatic heterocycles. The van der Waals surface area contributed by atoms with Crippen molar-refractivity contribution in [1.82, 2.24) is 10.6 Å². The molecule has 2 amide bonds. The molecule has 0 saturated heterocycles. The Labute approximate surface area is 112 Å². The van der Waals surface area contributed by atoms with Crippen LogP contribution in [0.25, 0.3) is 0 Å². The number of methoxy groups -OCH3 is 1. The summed E-state index contributed by atoms with van der Waals surface area (Å²) in [5, 5.41) is 13.8. The van der Waals surface area contributed by atoms with Crippen molar-refractivity contribution < 1.29 is 24.2 Å². The molecule has 0 heterocycles. The molecule has 0 spiro atoms. The van der Waals surface area contributed by atoms with E-state index in [1.807, 2.05) is 6.92 Å². The summed E-state index contributed by atoms with van der Waals surface area (Å²) in [5.74, 6) is -1.68. The largest absolute Gasteiger partial charge is 0.480 e. The van der Waals surface area contributed by atoms with Crippen LogP contribution in [0.2, 0.25) is 0 Å². The number of ether oxygens (including phenoxy) is 1. The number of amides is 2. The van der Waals surface area contributed by atoms with Crippen LogP contribution < -0.4 is 10.6 Å². The predicted octanol–water partition coefficient (Wildman–Crippen LogP) is 0.882. The van der Waals surface area contributed by atoms with E-state index in [0.717, 1.165) is 19.3 Å². The zero-order valence-corrected chi connectivity index (χ0v) is 11.4. The van der Waals surface area contributed by atoms with Gasteiger partial charge in [0, 0.05) is 13.0 Å². The molecule has 0 aliphatic rings. The van der Waals surface area contributed by atoms with Crippen LogP contribution in [0.3, 0.4) is 0 Å². The van der Waals surface area contributed by atoms with Crippen LogP contribution in [-0.4, -0.2) is 42.8 Å². The van der Waals surface area contributed by atoms with E-state index in [0.29, 0.717) is 6.54 Å². The van der Waals surface area contributed by atoms with Crippen molar-refractivity contribution in [2.75, 3.05) is 13.7 Å². The normalized spacial score (nSPS) is 11.5. The van der Waals surface area contributed by atoms with Crippen molar-refractivity contribution in [3.05, 3.63) is 0 Å². The summed E-state index contributed by atoms with van der Waals surface area (Å²) in [7, 11) is 1.23. The molecule has 7 heteroatoms. The molecule has 3 N–H and O–H groups in total. The summed E-state index contributed by atoms with van der Waals surface area (Å²) in [6, 6.07) is -1.63. The molecule has 0 aromatic rings. The first-order valence-corrected chi connectivity index (χ1v) is 6.35. The van der Waals surface area contributed by atoms with Crippen molar-refractivity contribution in [3.63, 3.8) is 0 Å². The second kappa shape index (κ2) is 10.2. The van der Waals surface area contributed by atoms with E-state index in [4.69, 9.17) is 5.11 Å². The zero-order valence-electron chi connectivity index (χ0n) is 11.4. The summed E-state index contributed by atoms with van der Waals surface area (Å²) in [5.41, 5.74) is 0. The lowest BCUT2D eigenvalue weighted by atomic mass is 10.1. The lowest BCUT2D eigenvalue weighted by Gasteiger charge is -2.14. The number of nitrogens with one attached hydrogen (secondary N) is 2. The lowest BCUT2D eigenvalue weighted by Crippen LogP contribution is -2.46. The second-order valence-corrected chi connectivity index (χ2v) is 4.11. The molecular formula is C12H22N2O5. The van der Waals surface area contributed by atoms with Crippen LogP contribution in [-0.2, 0) is 14.3 Å². The summed E-state index contributed by atoms with van der Waals surface area (Å²) in [4.78, 5) is 33.3. The fourth-order valence-electron chi connectivity index (χ4n) is 1.41. The van der Waals surface area contributed by atoms with Crippen LogP contribution in [0.1, 0.15) is 39.0 Å². The van der Waals surface area contributed by atoms with Crippen LogP contribution in [0.15, 0.2) is 0 Å². The van der Waals surface area contributed by atoms with Gasteiger partial charge in [-0.3, -0.25) is 4.79 Å². The van der Waals surface area contributed by atoms with Gasteiger partial charge in [-0.05, 0) is 12.8 Å². The summed E-state index contributed by atoms with van der Waals surface area (Å²) in [6.45, 7) is 2.55. The zero-order chi connectivity index (χ0) is 14.7. The average molecular weight is 274 g/mol. The quantitative estimate of drug-likeness (QED) is 0.427. The van der Waals surface area contributed by atoms with Gasteiger partial charge in [0.1, 0.15) is 6.04 Å². The number of unbranched alkanes of at least 4 members (excludes halogenated alkanes) is 2. The van der Waals surface area contributed by atoms with Crippen LogP contribution in [0.4, 0.5) is 4.79 Å². The number of aliphatic carboxylic acids is 1. The lowest BCUT2D eigenvalue weighted by molar-refractivity contribution is -0.142. The minimum absolute atomic E-state index is 0.00435. The molecule has 0 aliphatic carbocycles. The third-order valence-electron chi connectivity index (χ3n) is 2.53. The maximum atomic E-state index is 11.4. The van der Waals surface area contributed by atoms with E-state index in [9.17, 15) is 14.4 Å². The van der Waals surface area contributed by atoms with E-state index in [1.54, 1.807) is 0 Å². The Balaban J connectivity index is 4.01. The number of carbonyl (C=O) groups is 3. The minimum Gasteiger partial charge on any atom is -0.480 e. The van der Waals surface area contributed by atoms with Crippen LogP contribution >= 0.6 is 0 Å². The van der Waals surface area contributed by atoms with Gasteiger partial charge in [-0.15, -0.1) is 0 Å². The average Bonchev–Trinajstić information content (AvgIpc) is 2.38. The number of hydrogen-bond donors (Lipinski definition) is 3. The number of rotatable bonds is 9. The Morgan fingerprint density at radius 2 is 1.95 bits per heavy atom. The molecule has 0 saturated carbocycles. The van der Waals surface area contributed by atoms with Crippen LogP contribution in [0.5, 0.6) is 0 Å². The fourth-order valence-corrected chi connectivity index (χ4v) is 1.41. The van der Waals surface area contributed by atoms with Gasteiger partial charge >= 0.3 is 18.0 Å². The third kappa shape index (κ3) is 8.87. The highest BCUT2D eigenvalue weighted by molar-refractivity contribution is 5.83. The topological polar surface area (TPSA) is 105 Å². The first kappa shape index (κ1) is 17.2. The molecule has 0 aliphatic heterocycles. The first-order valence-electron chi connectivity index (χ1n) is 6.35. The molecule has 0 unspecified atom stereocenters. The Bertz CT molecular complexity index is 306. The van der Waals surface area contributed by atoms with Gasteiger partial charge < -0.3 is 20.5 Å². The van der Waals surface area contributed by atoms with E-state index in [2.05, 4.69) is 15.4 Å². The highest BCUT2D eigenvalue weighted by Crippen LogP contribution is 1.99. The molecule has 0 rings (SSSR count). The van der Waals surface area contributed by atoms with Crippen molar-refractivity contribution in [1.29, 1.82) is 0 Å². The number of carboxylic acids is 1. The second-order valence-electron chi connectivity index (χ2n) is 4.11. The van der Waals surface area contributed by atoms with Crippen molar-refractivity contribution in [3.8, 4) is 0 Å². The Morgan fingerprint density at radius 3 is 2.47 bits per heavy atom. The van der Waals surface area contributed by atoms with Gasteiger partial charge in [0.05, 0.1) is 7.11 Å². The summed E-state index contributed by atoms with van der Waals surface area (Å²) >= 11 is 0.